The minimum atomic E-state index is -3.61. The van der Waals surface area contributed by atoms with Gasteiger partial charge in [0.2, 0.25) is 10.0 Å². The minimum absolute atomic E-state index is 0.124. The molecule has 2 aromatic carbocycles. The van der Waals surface area contributed by atoms with E-state index in [1.54, 1.807) is 0 Å². The van der Waals surface area contributed by atoms with Gasteiger partial charge in [-0.3, -0.25) is 10.1 Å². The molecule has 1 aliphatic rings. The van der Waals surface area contributed by atoms with Gasteiger partial charge in [-0.1, -0.05) is 6.07 Å². The van der Waals surface area contributed by atoms with Crippen LogP contribution in [0.15, 0.2) is 53.4 Å². The molecule has 0 bridgehead atoms. The van der Waals surface area contributed by atoms with Gasteiger partial charge in [-0.15, -0.1) is 0 Å². The molecular weight excluding hydrogens is 388 g/mol. The van der Waals surface area contributed by atoms with E-state index in [4.69, 9.17) is 4.74 Å². The predicted octanol–water partition coefficient (Wildman–Crippen LogP) is 2.26. The molecule has 2 N–H and O–H groups in total. The Labute approximate surface area is 161 Å². The van der Waals surface area contributed by atoms with Crippen LogP contribution in [0.4, 0.5) is 21.9 Å². The Bertz CT molecular complexity index is 971. The molecule has 1 fully saturated rings. The highest BCUT2D eigenvalue weighted by molar-refractivity contribution is 7.89. The summed E-state index contributed by atoms with van der Waals surface area (Å²) in [6, 6.07) is 10.7. The number of nitrogens with one attached hydrogen (secondary N) is 2. The summed E-state index contributed by atoms with van der Waals surface area (Å²) in [6.45, 7) is 1.31. The fraction of sp³-hybridized carbons (Fsp3) is 0.235. The highest BCUT2D eigenvalue weighted by Crippen LogP contribution is 2.20. The smallest absolute Gasteiger partial charge is 0.323 e. The van der Waals surface area contributed by atoms with Gasteiger partial charge in [-0.25, -0.2) is 13.2 Å². The summed E-state index contributed by atoms with van der Waals surface area (Å²) in [7, 11) is -3.61. The van der Waals surface area contributed by atoms with E-state index in [2.05, 4.69) is 10.6 Å². The van der Waals surface area contributed by atoms with Crippen LogP contribution in [0.2, 0.25) is 0 Å². The Kier molecular flexibility index (Phi) is 5.87. The number of hydrogen-bond donors (Lipinski definition) is 2. The van der Waals surface area contributed by atoms with Crippen molar-refractivity contribution in [1.29, 1.82) is 0 Å². The molecule has 0 spiro atoms. The number of carbonyl (C=O) groups is 1. The zero-order valence-electron chi connectivity index (χ0n) is 14.7. The van der Waals surface area contributed by atoms with E-state index in [0.29, 0.717) is 32.0 Å². The number of ether oxygens (including phenoxy) is 1. The second kappa shape index (κ2) is 8.33. The fourth-order valence-corrected chi connectivity index (χ4v) is 4.04. The van der Waals surface area contributed by atoms with Crippen molar-refractivity contribution in [1.82, 2.24) is 4.31 Å². The molecule has 3 rings (SSSR count). The monoisotopic (exact) mass is 406 g/mol. The number of anilines is 2. The maximum Gasteiger partial charge on any atom is 0.323 e. The van der Waals surface area contributed by atoms with Crippen molar-refractivity contribution in [3.63, 3.8) is 0 Å². The highest BCUT2D eigenvalue weighted by Gasteiger charge is 2.26. The summed E-state index contributed by atoms with van der Waals surface area (Å²) in [5.41, 5.74) is 0.498. The summed E-state index contributed by atoms with van der Waals surface area (Å²) in [4.78, 5) is 22.4. The Hall–Kier alpha value is -3.02. The Morgan fingerprint density at radius 2 is 1.68 bits per heavy atom. The maximum absolute atomic E-state index is 12.6. The van der Waals surface area contributed by atoms with Gasteiger partial charge in [0.05, 0.1) is 23.0 Å². The SMILES string of the molecule is O=C(Nc1ccc(S(=O)(=O)N2CCOCC2)cc1)Nc1cccc([N+](=O)[O-])c1. The average molecular weight is 406 g/mol. The van der Waals surface area contributed by atoms with Gasteiger partial charge >= 0.3 is 6.03 Å². The number of hydrogen-bond acceptors (Lipinski definition) is 6. The minimum Gasteiger partial charge on any atom is -0.379 e. The molecule has 1 saturated heterocycles. The fourth-order valence-electron chi connectivity index (χ4n) is 2.64. The van der Waals surface area contributed by atoms with Crippen molar-refractivity contribution in [3.8, 4) is 0 Å². The molecule has 0 saturated carbocycles. The van der Waals surface area contributed by atoms with Crippen molar-refractivity contribution in [3.05, 3.63) is 58.6 Å². The summed E-state index contributed by atoms with van der Waals surface area (Å²) in [6.07, 6.45) is 0. The molecule has 2 aromatic rings. The van der Waals surface area contributed by atoms with Gasteiger partial charge in [-0.05, 0) is 30.3 Å². The predicted molar refractivity (Wildman–Crippen MR) is 102 cm³/mol. The van der Waals surface area contributed by atoms with Gasteiger partial charge in [0.25, 0.3) is 5.69 Å². The molecule has 10 nitrogen and oxygen atoms in total. The molecule has 0 radical (unpaired) electrons. The van der Waals surface area contributed by atoms with E-state index < -0.39 is 21.0 Å². The van der Waals surface area contributed by atoms with E-state index in [0.717, 1.165) is 0 Å². The number of rotatable bonds is 5. The van der Waals surface area contributed by atoms with Crippen molar-refractivity contribution in [2.24, 2.45) is 0 Å². The number of benzene rings is 2. The Morgan fingerprint density at radius 3 is 2.32 bits per heavy atom. The lowest BCUT2D eigenvalue weighted by atomic mass is 10.3. The number of nitro benzene ring substituents is 1. The molecule has 0 aromatic heterocycles. The number of morpholine rings is 1. The third-order valence-electron chi connectivity index (χ3n) is 4.03. The van der Waals surface area contributed by atoms with E-state index >= 15 is 0 Å². The number of amides is 2. The van der Waals surface area contributed by atoms with Crippen LogP contribution in [-0.2, 0) is 14.8 Å². The van der Waals surface area contributed by atoms with Crippen LogP contribution in [0.25, 0.3) is 0 Å². The first-order valence-corrected chi connectivity index (χ1v) is 9.81. The van der Waals surface area contributed by atoms with Crippen LogP contribution in [0.1, 0.15) is 0 Å². The third-order valence-corrected chi connectivity index (χ3v) is 5.95. The van der Waals surface area contributed by atoms with Crippen LogP contribution < -0.4 is 10.6 Å². The zero-order chi connectivity index (χ0) is 20.1. The largest absolute Gasteiger partial charge is 0.379 e. The lowest BCUT2D eigenvalue weighted by Crippen LogP contribution is -2.40. The molecule has 11 heteroatoms. The summed E-state index contributed by atoms with van der Waals surface area (Å²) in [5.74, 6) is 0. The number of carbonyl (C=O) groups excluding carboxylic acids is 1. The molecule has 1 heterocycles. The molecule has 28 heavy (non-hydrogen) atoms. The van der Waals surface area contributed by atoms with E-state index in [1.807, 2.05) is 0 Å². The van der Waals surface area contributed by atoms with E-state index in [1.165, 1.54) is 52.8 Å². The van der Waals surface area contributed by atoms with Crippen molar-refractivity contribution in [2.75, 3.05) is 36.9 Å². The van der Waals surface area contributed by atoms with Crippen molar-refractivity contribution in [2.45, 2.75) is 4.90 Å². The molecule has 148 valence electrons. The third kappa shape index (κ3) is 4.63. The van der Waals surface area contributed by atoms with Crippen LogP contribution in [0, 0.1) is 10.1 Å². The van der Waals surface area contributed by atoms with Gasteiger partial charge in [0.15, 0.2) is 0 Å². The molecule has 2 amide bonds. The van der Waals surface area contributed by atoms with Gasteiger partial charge in [-0.2, -0.15) is 4.31 Å². The summed E-state index contributed by atoms with van der Waals surface area (Å²) in [5, 5.41) is 15.8. The summed E-state index contributed by atoms with van der Waals surface area (Å²) >= 11 is 0. The van der Waals surface area contributed by atoms with Crippen LogP contribution in [-0.4, -0.2) is 50.0 Å². The number of nitro groups is 1. The number of non-ortho nitro benzene ring substituents is 1. The normalized spacial score (nSPS) is 15.0. The van der Waals surface area contributed by atoms with Crippen molar-refractivity contribution < 1.29 is 22.9 Å². The standard InChI is InChI=1S/C17H18N4O6S/c22-17(19-14-2-1-3-15(12-14)21(23)24)18-13-4-6-16(7-5-13)28(25,26)20-8-10-27-11-9-20/h1-7,12H,8-11H2,(H2,18,19,22). The Balaban J connectivity index is 1.64. The average Bonchev–Trinajstić information content (AvgIpc) is 2.69. The number of urea groups is 1. The summed E-state index contributed by atoms with van der Waals surface area (Å²) < 4.78 is 31.6. The molecule has 1 aliphatic heterocycles. The molecular formula is C17H18N4O6S. The Morgan fingerprint density at radius 1 is 1.04 bits per heavy atom. The topological polar surface area (TPSA) is 131 Å². The second-order valence-electron chi connectivity index (χ2n) is 5.93. The highest BCUT2D eigenvalue weighted by atomic mass is 32.2. The lowest BCUT2D eigenvalue weighted by Gasteiger charge is -2.26. The maximum atomic E-state index is 12.6. The van der Waals surface area contributed by atoms with Crippen LogP contribution in [0.3, 0.4) is 0 Å². The lowest BCUT2D eigenvalue weighted by molar-refractivity contribution is -0.384. The van der Waals surface area contributed by atoms with Gasteiger partial charge in [0.1, 0.15) is 0 Å². The molecule has 0 aliphatic carbocycles. The zero-order valence-corrected chi connectivity index (χ0v) is 15.5. The molecule has 0 atom stereocenters. The van der Waals surface area contributed by atoms with E-state index in [-0.39, 0.29) is 16.3 Å². The van der Waals surface area contributed by atoms with E-state index in [9.17, 15) is 23.3 Å². The first kappa shape index (κ1) is 19.7. The number of nitrogens with zero attached hydrogens (tertiary/aromatic N) is 2. The first-order chi connectivity index (χ1) is 13.4. The van der Waals surface area contributed by atoms with Gasteiger partial charge in [0, 0.05) is 36.6 Å². The second-order valence-corrected chi connectivity index (χ2v) is 7.87. The first-order valence-electron chi connectivity index (χ1n) is 8.37. The number of sulfonamides is 1. The quantitative estimate of drug-likeness (QED) is 0.578. The molecule has 0 unspecified atom stereocenters. The van der Waals surface area contributed by atoms with Crippen LogP contribution >= 0.6 is 0 Å². The van der Waals surface area contributed by atoms with Crippen LogP contribution in [0.5, 0.6) is 0 Å². The van der Waals surface area contributed by atoms with Gasteiger partial charge < -0.3 is 15.4 Å². The van der Waals surface area contributed by atoms with Crippen molar-refractivity contribution >= 4 is 33.1 Å².